The number of nitrogens with zero attached hydrogens (tertiary/aromatic N) is 2. The highest BCUT2D eigenvalue weighted by Gasteiger charge is 2.31. The standard InChI is InChI=1S/C21H32N4O5/c1-4-29-17-10-9-15(12-18(17)30-5-2)23-19(26)13-24(3)14-20(27)25-11-7-6-8-16(25)21(22)28/h9-10,12,16H,4-8,11,13-14H2,1-3H3,(H2,22,28)(H,23,26)/t16-/m1/s1. The van der Waals surface area contributed by atoms with Gasteiger partial charge in [0.15, 0.2) is 11.5 Å². The van der Waals surface area contributed by atoms with Crippen LogP contribution in [0.5, 0.6) is 11.5 Å². The van der Waals surface area contributed by atoms with E-state index < -0.39 is 11.9 Å². The van der Waals surface area contributed by atoms with Crippen molar-refractivity contribution in [3.63, 3.8) is 0 Å². The van der Waals surface area contributed by atoms with Gasteiger partial charge in [-0.25, -0.2) is 0 Å². The largest absolute Gasteiger partial charge is 0.490 e. The van der Waals surface area contributed by atoms with Crippen LogP contribution in [0.3, 0.4) is 0 Å². The summed E-state index contributed by atoms with van der Waals surface area (Å²) in [6.45, 7) is 5.32. The molecule has 1 aliphatic rings. The first-order valence-corrected chi connectivity index (χ1v) is 10.3. The molecule has 0 aliphatic carbocycles. The van der Waals surface area contributed by atoms with E-state index in [1.54, 1.807) is 30.1 Å². The van der Waals surface area contributed by atoms with Crippen LogP contribution in [0.15, 0.2) is 18.2 Å². The zero-order valence-corrected chi connectivity index (χ0v) is 18.0. The van der Waals surface area contributed by atoms with Crippen LogP contribution in [0.25, 0.3) is 0 Å². The molecule has 3 amide bonds. The van der Waals surface area contributed by atoms with Gasteiger partial charge in [-0.1, -0.05) is 0 Å². The molecule has 0 radical (unpaired) electrons. The Bertz CT molecular complexity index is 755. The lowest BCUT2D eigenvalue weighted by molar-refractivity contribution is -0.141. The first-order valence-electron chi connectivity index (χ1n) is 10.3. The number of carbonyl (C=O) groups excluding carboxylic acids is 3. The van der Waals surface area contributed by atoms with E-state index in [2.05, 4.69) is 5.32 Å². The highest BCUT2D eigenvalue weighted by atomic mass is 16.5. The Morgan fingerprint density at radius 2 is 1.83 bits per heavy atom. The van der Waals surface area contributed by atoms with Crippen molar-refractivity contribution in [1.82, 2.24) is 9.80 Å². The van der Waals surface area contributed by atoms with Crippen LogP contribution in [-0.4, -0.2) is 73.5 Å². The minimum absolute atomic E-state index is 0.0258. The van der Waals surface area contributed by atoms with Crippen LogP contribution in [0.1, 0.15) is 33.1 Å². The number of amides is 3. The van der Waals surface area contributed by atoms with Crippen LogP contribution in [-0.2, 0) is 14.4 Å². The Morgan fingerprint density at radius 1 is 1.13 bits per heavy atom. The van der Waals surface area contributed by atoms with E-state index in [1.807, 2.05) is 13.8 Å². The van der Waals surface area contributed by atoms with Gasteiger partial charge in [-0.2, -0.15) is 0 Å². The second-order valence-corrected chi connectivity index (χ2v) is 7.25. The molecule has 1 saturated heterocycles. The molecular weight excluding hydrogens is 388 g/mol. The Balaban J connectivity index is 1.91. The Morgan fingerprint density at radius 3 is 2.50 bits per heavy atom. The van der Waals surface area contributed by atoms with Crippen molar-refractivity contribution >= 4 is 23.4 Å². The molecule has 1 fully saturated rings. The lowest BCUT2D eigenvalue weighted by Gasteiger charge is -2.34. The maximum Gasteiger partial charge on any atom is 0.240 e. The summed E-state index contributed by atoms with van der Waals surface area (Å²) in [5.41, 5.74) is 6.01. The fourth-order valence-corrected chi connectivity index (χ4v) is 3.48. The fraction of sp³-hybridized carbons (Fsp3) is 0.571. The number of rotatable bonds is 10. The van der Waals surface area contributed by atoms with Gasteiger partial charge in [-0.05, 0) is 52.3 Å². The monoisotopic (exact) mass is 420 g/mol. The number of ether oxygens (including phenoxy) is 2. The molecule has 0 saturated carbocycles. The van der Waals surface area contributed by atoms with Gasteiger partial charge in [0.05, 0.1) is 26.3 Å². The van der Waals surface area contributed by atoms with Crippen LogP contribution >= 0.6 is 0 Å². The van der Waals surface area contributed by atoms with Crippen molar-refractivity contribution in [2.75, 3.05) is 45.2 Å². The molecule has 1 heterocycles. The number of hydrogen-bond acceptors (Lipinski definition) is 6. The smallest absolute Gasteiger partial charge is 0.240 e. The van der Waals surface area contributed by atoms with Crippen molar-refractivity contribution in [2.45, 2.75) is 39.2 Å². The second kappa shape index (κ2) is 11.4. The van der Waals surface area contributed by atoms with E-state index >= 15 is 0 Å². The average Bonchev–Trinajstić information content (AvgIpc) is 2.70. The van der Waals surface area contributed by atoms with E-state index in [4.69, 9.17) is 15.2 Å². The van der Waals surface area contributed by atoms with Crippen LogP contribution in [0, 0.1) is 0 Å². The van der Waals surface area contributed by atoms with Crippen molar-refractivity contribution < 1.29 is 23.9 Å². The first kappa shape index (κ1) is 23.5. The van der Waals surface area contributed by atoms with Gasteiger partial charge in [-0.3, -0.25) is 19.3 Å². The number of anilines is 1. The molecule has 0 aromatic heterocycles. The molecule has 0 bridgehead atoms. The molecule has 9 nitrogen and oxygen atoms in total. The Labute approximate surface area is 177 Å². The van der Waals surface area contributed by atoms with E-state index in [0.29, 0.717) is 43.4 Å². The topological polar surface area (TPSA) is 114 Å². The number of carbonyl (C=O) groups is 3. The summed E-state index contributed by atoms with van der Waals surface area (Å²) in [7, 11) is 1.69. The van der Waals surface area contributed by atoms with E-state index in [9.17, 15) is 14.4 Å². The second-order valence-electron chi connectivity index (χ2n) is 7.25. The molecule has 1 atom stereocenters. The van der Waals surface area contributed by atoms with Gasteiger partial charge in [-0.15, -0.1) is 0 Å². The number of likely N-dealkylation sites (tertiary alicyclic amines) is 1. The number of nitrogens with two attached hydrogens (primary N) is 1. The first-order chi connectivity index (χ1) is 14.3. The van der Waals surface area contributed by atoms with Crippen LogP contribution in [0.2, 0.25) is 0 Å². The summed E-state index contributed by atoms with van der Waals surface area (Å²) in [6.07, 6.45) is 2.31. The molecule has 9 heteroatoms. The molecule has 166 valence electrons. The lowest BCUT2D eigenvalue weighted by atomic mass is 10.0. The number of hydrogen-bond donors (Lipinski definition) is 2. The third kappa shape index (κ3) is 6.62. The van der Waals surface area contributed by atoms with E-state index in [-0.39, 0.29) is 24.9 Å². The molecular formula is C21H32N4O5. The maximum absolute atomic E-state index is 12.6. The normalized spacial score (nSPS) is 16.3. The number of likely N-dealkylation sites (N-methyl/N-ethyl adjacent to an activating group) is 1. The summed E-state index contributed by atoms with van der Waals surface area (Å²) >= 11 is 0. The van der Waals surface area contributed by atoms with Gasteiger partial charge >= 0.3 is 0 Å². The number of primary amides is 1. The summed E-state index contributed by atoms with van der Waals surface area (Å²) in [6, 6.07) is 4.64. The summed E-state index contributed by atoms with van der Waals surface area (Å²) in [5, 5.41) is 2.81. The van der Waals surface area contributed by atoms with Crippen molar-refractivity contribution in [1.29, 1.82) is 0 Å². The highest BCUT2D eigenvalue weighted by molar-refractivity contribution is 5.93. The minimum atomic E-state index is -0.561. The molecule has 0 spiro atoms. The summed E-state index contributed by atoms with van der Waals surface area (Å²) < 4.78 is 11.1. The minimum Gasteiger partial charge on any atom is -0.490 e. The summed E-state index contributed by atoms with van der Waals surface area (Å²) in [5.74, 6) is 0.230. The third-order valence-electron chi connectivity index (χ3n) is 4.80. The zero-order valence-electron chi connectivity index (χ0n) is 18.0. The van der Waals surface area contributed by atoms with Crippen molar-refractivity contribution in [3.05, 3.63) is 18.2 Å². The molecule has 1 aromatic rings. The molecule has 1 aliphatic heterocycles. The van der Waals surface area contributed by atoms with Crippen molar-refractivity contribution in [3.8, 4) is 11.5 Å². The number of piperidine rings is 1. The van der Waals surface area contributed by atoms with Gasteiger partial charge in [0.2, 0.25) is 17.7 Å². The predicted molar refractivity (Wildman–Crippen MR) is 113 cm³/mol. The molecule has 30 heavy (non-hydrogen) atoms. The zero-order chi connectivity index (χ0) is 22.1. The maximum atomic E-state index is 12.6. The molecule has 2 rings (SSSR count). The van der Waals surface area contributed by atoms with Gasteiger partial charge in [0.25, 0.3) is 0 Å². The third-order valence-corrected chi connectivity index (χ3v) is 4.80. The summed E-state index contributed by atoms with van der Waals surface area (Å²) in [4.78, 5) is 39.8. The van der Waals surface area contributed by atoms with Crippen LogP contribution in [0.4, 0.5) is 5.69 Å². The van der Waals surface area contributed by atoms with Crippen molar-refractivity contribution in [2.24, 2.45) is 5.73 Å². The predicted octanol–water partition coefficient (Wildman–Crippen LogP) is 1.22. The lowest BCUT2D eigenvalue weighted by Crippen LogP contribution is -2.53. The van der Waals surface area contributed by atoms with E-state index in [1.165, 1.54) is 4.90 Å². The molecule has 1 aromatic carbocycles. The van der Waals surface area contributed by atoms with Gasteiger partial charge < -0.3 is 25.4 Å². The Kier molecular flexibility index (Phi) is 8.91. The van der Waals surface area contributed by atoms with Crippen LogP contribution < -0.4 is 20.5 Å². The van der Waals surface area contributed by atoms with Gasteiger partial charge in [0.1, 0.15) is 6.04 Å². The SMILES string of the molecule is CCOc1ccc(NC(=O)CN(C)CC(=O)N2CCCC[C@@H]2C(N)=O)cc1OCC. The average molecular weight is 421 g/mol. The molecule has 3 N–H and O–H groups in total. The van der Waals surface area contributed by atoms with Gasteiger partial charge in [0, 0.05) is 18.3 Å². The quantitative estimate of drug-likeness (QED) is 0.588. The van der Waals surface area contributed by atoms with E-state index in [0.717, 1.165) is 12.8 Å². The fourth-order valence-electron chi connectivity index (χ4n) is 3.48. The number of benzene rings is 1. The highest BCUT2D eigenvalue weighted by Crippen LogP contribution is 2.30. The molecule has 0 unspecified atom stereocenters. The number of nitrogens with one attached hydrogen (secondary N) is 1. The Hall–Kier alpha value is -2.81.